The molecular weight excluding hydrogens is 300 g/mol. The summed E-state index contributed by atoms with van der Waals surface area (Å²) in [6.45, 7) is 3.94. The number of rotatable bonds is 8. The number of hydrogen-bond acceptors (Lipinski definition) is 7. The molecule has 21 heavy (non-hydrogen) atoms. The topological polar surface area (TPSA) is 137 Å². The van der Waals surface area contributed by atoms with Crippen LogP contribution in [0.5, 0.6) is 0 Å². The van der Waals surface area contributed by atoms with E-state index in [0.717, 1.165) is 12.1 Å². The van der Waals surface area contributed by atoms with Crippen LogP contribution in [0.1, 0.15) is 13.8 Å². The Hall–Kier alpha value is -1.75. The van der Waals surface area contributed by atoms with E-state index in [0.29, 0.717) is 6.61 Å². The van der Waals surface area contributed by atoms with E-state index in [1.165, 1.54) is 6.07 Å². The van der Waals surface area contributed by atoms with Crippen molar-refractivity contribution in [3.8, 4) is 0 Å². The number of nitrogens with zero attached hydrogens (tertiary/aromatic N) is 1. The zero-order chi connectivity index (χ0) is 16.0. The first-order valence-corrected chi connectivity index (χ1v) is 7.66. The molecule has 0 aromatic heterocycles. The van der Waals surface area contributed by atoms with E-state index in [1.54, 1.807) is 13.8 Å². The number of nitro groups is 1. The second-order valence-corrected chi connectivity index (χ2v) is 5.94. The van der Waals surface area contributed by atoms with Gasteiger partial charge in [0.2, 0.25) is 10.0 Å². The van der Waals surface area contributed by atoms with Crippen LogP contribution in [0.15, 0.2) is 23.1 Å². The Kier molecular flexibility index (Phi) is 6.03. The van der Waals surface area contributed by atoms with Crippen molar-refractivity contribution in [1.82, 2.24) is 4.72 Å². The summed E-state index contributed by atoms with van der Waals surface area (Å²) in [6.07, 6.45) is -0.339. The third kappa shape index (κ3) is 4.63. The minimum absolute atomic E-state index is 0.0181. The van der Waals surface area contributed by atoms with Gasteiger partial charge in [0.25, 0.3) is 5.69 Å². The fourth-order valence-corrected chi connectivity index (χ4v) is 2.89. The van der Waals surface area contributed by atoms with Crippen LogP contribution in [0.25, 0.3) is 0 Å². The predicted octanol–water partition coefficient (Wildman–Crippen LogP) is 0.584. The molecule has 118 valence electrons. The highest BCUT2D eigenvalue weighted by Gasteiger charge is 2.26. The van der Waals surface area contributed by atoms with E-state index in [1.807, 2.05) is 0 Å². The van der Waals surface area contributed by atoms with Gasteiger partial charge in [0.1, 0.15) is 0 Å². The van der Waals surface area contributed by atoms with Gasteiger partial charge in [0.05, 0.1) is 16.7 Å². The van der Waals surface area contributed by atoms with Crippen molar-refractivity contribution in [2.24, 2.45) is 5.84 Å². The first kappa shape index (κ1) is 17.3. The summed E-state index contributed by atoms with van der Waals surface area (Å²) >= 11 is 0. The quantitative estimate of drug-likeness (QED) is 0.362. The Morgan fingerprint density at radius 3 is 2.67 bits per heavy atom. The maximum atomic E-state index is 12.1. The smallest absolute Gasteiger partial charge is 0.291 e. The summed E-state index contributed by atoms with van der Waals surface area (Å²) in [4.78, 5) is 9.80. The van der Waals surface area contributed by atoms with Gasteiger partial charge < -0.3 is 10.2 Å². The number of ether oxygens (including phenoxy) is 1. The lowest BCUT2D eigenvalue weighted by Crippen LogP contribution is -2.32. The number of nitro benzene ring substituents is 1. The van der Waals surface area contributed by atoms with E-state index in [-0.39, 0.29) is 18.3 Å². The lowest BCUT2D eigenvalue weighted by atomic mass is 10.3. The standard InChI is InChI=1S/C11H18N4O5S/c1-3-20-8(2)7-13-21(18,19)11-5-4-9(14-12)6-10(11)15(16)17/h4-6,8,13-14H,3,7,12H2,1-2H3. The fourth-order valence-electron chi connectivity index (χ4n) is 1.63. The van der Waals surface area contributed by atoms with Gasteiger partial charge in [-0.25, -0.2) is 13.1 Å². The first-order chi connectivity index (χ1) is 9.81. The summed E-state index contributed by atoms with van der Waals surface area (Å²) in [5, 5.41) is 11.0. The molecule has 0 fully saturated rings. The van der Waals surface area contributed by atoms with Crippen molar-refractivity contribution in [1.29, 1.82) is 0 Å². The molecule has 1 aromatic carbocycles. The summed E-state index contributed by atoms with van der Waals surface area (Å²) in [5.41, 5.74) is 1.91. The van der Waals surface area contributed by atoms with Crippen molar-refractivity contribution >= 4 is 21.4 Å². The van der Waals surface area contributed by atoms with E-state index in [9.17, 15) is 18.5 Å². The molecule has 1 atom stereocenters. The molecule has 0 saturated heterocycles. The second-order valence-electron chi connectivity index (χ2n) is 4.20. The van der Waals surface area contributed by atoms with Gasteiger partial charge in [-0.1, -0.05) is 0 Å². The normalized spacial score (nSPS) is 12.9. The molecule has 1 aromatic rings. The highest BCUT2D eigenvalue weighted by Crippen LogP contribution is 2.26. The predicted molar refractivity (Wildman–Crippen MR) is 77.2 cm³/mol. The van der Waals surface area contributed by atoms with Crippen LogP contribution in [-0.4, -0.2) is 32.6 Å². The summed E-state index contributed by atoms with van der Waals surface area (Å²) < 4.78 is 31.8. The van der Waals surface area contributed by atoms with E-state index >= 15 is 0 Å². The number of benzene rings is 1. The highest BCUT2D eigenvalue weighted by molar-refractivity contribution is 7.89. The molecule has 10 heteroatoms. The summed E-state index contributed by atoms with van der Waals surface area (Å²) in [7, 11) is -4.01. The molecule has 0 aliphatic heterocycles. The monoisotopic (exact) mass is 318 g/mol. The molecule has 0 spiro atoms. The molecule has 1 rings (SSSR count). The lowest BCUT2D eigenvalue weighted by molar-refractivity contribution is -0.387. The molecule has 0 bridgehead atoms. The molecule has 0 amide bonds. The molecule has 1 unspecified atom stereocenters. The summed E-state index contributed by atoms with van der Waals surface area (Å²) in [5.74, 6) is 5.16. The molecule has 9 nitrogen and oxygen atoms in total. The van der Waals surface area contributed by atoms with E-state index in [2.05, 4.69) is 10.1 Å². The molecular formula is C11H18N4O5S. The van der Waals surface area contributed by atoms with Crippen molar-refractivity contribution in [2.45, 2.75) is 24.8 Å². The van der Waals surface area contributed by atoms with Crippen LogP contribution < -0.4 is 16.0 Å². The Morgan fingerprint density at radius 2 is 2.14 bits per heavy atom. The zero-order valence-electron chi connectivity index (χ0n) is 11.7. The molecule has 0 heterocycles. The highest BCUT2D eigenvalue weighted by atomic mass is 32.2. The Morgan fingerprint density at radius 1 is 1.48 bits per heavy atom. The van der Waals surface area contributed by atoms with Crippen LogP contribution in [-0.2, 0) is 14.8 Å². The molecule has 4 N–H and O–H groups in total. The van der Waals surface area contributed by atoms with Gasteiger partial charge in [0, 0.05) is 19.2 Å². The molecule has 0 radical (unpaired) electrons. The molecule has 0 aliphatic rings. The zero-order valence-corrected chi connectivity index (χ0v) is 12.5. The van der Waals surface area contributed by atoms with Gasteiger partial charge in [-0.2, -0.15) is 0 Å². The summed E-state index contributed by atoms with van der Waals surface area (Å²) in [6, 6.07) is 3.52. The molecule has 0 saturated carbocycles. The first-order valence-electron chi connectivity index (χ1n) is 6.18. The Balaban J connectivity index is 3.05. The van der Waals surface area contributed by atoms with Crippen LogP contribution in [0.3, 0.4) is 0 Å². The minimum atomic E-state index is -4.01. The number of nitrogen functional groups attached to an aromatic ring is 1. The van der Waals surface area contributed by atoms with Crippen LogP contribution in [0, 0.1) is 10.1 Å². The van der Waals surface area contributed by atoms with E-state index < -0.39 is 25.5 Å². The van der Waals surface area contributed by atoms with Crippen molar-refractivity contribution in [3.05, 3.63) is 28.3 Å². The Bertz CT molecular complexity index is 605. The minimum Gasteiger partial charge on any atom is -0.377 e. The number of sulfonamides is 1. The molecule has 0 aliphatic carbocycles. The van der Waals surface area contributed by atoms with Gasteiger partial charge in [-0.05, 0) is 26.0 Å². The lowest BCUT2D eigenvalue weighted by Gasteiger charge is -2.13. The van der Waals surface area contributed by atoms with Crippen LogP contribution in [0.2, 0.25) is 0 Å². The number of nitrogens with one attached hydrogen (secondary N) is 2. The maximum Gasteiger partial charge on any atom is 0.291 e. The second kappa shape index (κ2) is 7.31. The number of nitrogens with two attached hydrogens (primary N) is 1. The fraction of sp³-hybridized carbons (Fsp3) is 0.455. The number of hydrogen-bond donors (Lipinski definition) is 3. The average Bonchev–Trinajstić information content (AvgIpc) is 2.45. The Labute approximate surface area is 122 Å². The number of hydrazine groups is 1. The average molecular weight is 318 g/mol. The van der Waals surface area contributed by atoms with Gasteiger partial charge >= 0.3 is 0 Å². The largest absolute Gasteiger partial charge is 0.377 e. The third-order valence-corrected chi connectivity index (χ3v) is 4.09. The third-order valence-electron chi connectivity index (χ3n) is 2.62. The maximum absolute atomic E-state index is 12.1. The van der Waals surface area contributed by atoms with Crippen LogP contribution >= 0.6 is 0 Å². The van der Waals surface area contributed by atoms with Crippen LogP contribution in [0.4, 0.5) is 11.4 Å². The van der Waals surface area contributed by atoms with Crippen molar-refractivity contribution < 1.29 is 18.1 Å². The van der Waals surface area contributed by atoms with Gasteiger partial charge in [-0.15, -0.1) is 0 Å². The van der Waals surface area contributed by atoms with E-state index in [4.69, 9.17) is 10.6 Å². The van der Waals surface area contributed by atoms with Crippen molar-refractivity contribution in [2.75, 3.05) is 18.6 Å². The number of anilines is 1. The van der Waals surface area contributed by atoms with Crippen molar-refractivity contribution in [3.63, 3.8) is 0 Å². The SMILES string of the molecule is CCOC(C)CNS(=O)(=O)c1ccc(NN)cc1[N+](=O)[O-]. The van der Waals surface area contributed by atoms with Gasteiger partial charge in [0.15, 0.2) is 4.90 Å². The van der Waals surface area contributed by atoms with Gasteiger partial charge in [-0.3, -0.25) is 16.0 Å².